The van der Waals surface area contributed by atoms with Gasteiger partial charge in [-0.2, -0.15) is 0 Å². The van der Waals surface area contributed by atoms with E-state index in [1.807, 2.05) is 0 Å². The van der Waals surface area contributed by atoms with Crippen molar-refractivity contribution in [3.8, 4) is 0 Å². The van der Waals surface area contributed by atoms with Gasteiger partial charge in [0.2, 0.25) is 5.60 Å². The van der Waals surface area contributed by atoms with E-state index < -0.39 is 40.6 Å². The Morgan fingerprint density at radius 3 is 0.870 bits per heavy atom. The van der Waals surface area contributed by atoms with Crippen molar-refractivity contribution in [1.82, 2.24) is 0 Å². The molecule has 0 aromatic carbocycles. The van der Waals surface area contributed by atoms with Crippen LogP contribution in [0.3, 0.4) is 0 Å². The number of hydrogen-bond acceptors (Lipinski definition) is 5. The highest BCUT2D eigenvalue weighted by Gasteiger charge is 2.69. The van der Waals surface area contributed by atoms with Crippen LogP contribution in [0.15, 0.2) is 0 Å². The molecule has 0 aromatic rings. The molecule has 0 radical (unpaired) electrons. The molecule has 8 nitrogen and oxygen atoms in total. The first-order valence-electron chi connectivity index (χ1n) is 30.1. The zero-order chi connectivity index (χ0) is 51.4. The van der Waals surface area contributed by atoms with Crippen molar-refractivity contribution in [3.05, 3.63) is 0 Å². The average Bonchev–Trinajstić information content (AvgIpc) is 3.28. The number of aliphatic carboxylic acids is 3. The molecule has 0 aliphatic heterocycles. The summed E-state index contributed by atoms with van der Waals surface area (Å²) in [5.41, 5.74) is -4.81. The molecular formula is C61H116O8. The number of rotatable bonds is 54. The van der Waals surface area contributed by atoms with Gasteiger partial charge in [0.25, 0.3) is 0 Å². The fraction of sp³-hybridized carbons (Fsp3) is 0.934. The minimum Gasteiger partial charge on any atom is -0.481 e. The summed E-state index contributed by atoms with van der Waals surface area (Å²) >= 11 is 0. The molecule has 0 amide bonds. The van der Waals surface area contributed by atoms with Crippen LogP contribution in [0, 0.1) is 29.1 Å². The summed E-state index contributed by atoms with van der Waals surface area (Å²) in [7, 11) is 0. The van der Waals surface area contributed by atoms with Gasteiger partial charge in [-0.15, -0.1) is 0 Å². The molecule has 0 saturated heterocycles. The molecule has 0 fully saturated rings. The number of unbranched alkanes of at least 4 members (excludes halogenated alkanes) is 33. The van der Waals surface area contributed by atoms with Gasteiger partial charge in [-0.1, -0.05) is 292 Å². The topological polar surface area (TPSA) is 138 Å². The molecule has 0 rings (SSSR count). The first-order chi connectivity index (χ1) is 33.2. The van der Waals surface area contributed by atoms with Crippen LogP contribution >= 0.6 is 0 Å². The van der Waals surface area contributed by atoms with Gasteiger partial charge in [0.15, 0.2) is 11.7 Å². The third-order valence-corrected chi connectivity index (χ3v) is 15.2. The van der Waals surface area contributed by atoms with E-state index in [2.05, 4.69) is 41.5 Å². The van der Waals surface area contributed by atoms with Crippen LogP contribution in [0.5, 0.6) is 0 Å². The molecule has 2 atom stereocenters. The number of carboxylic acids is 3. The first-order valence-corrected chi connectivity index (χ1v) is 30.1. The maximum absolute atomic E-state index is 14.0. The minimum absolute atomic E-state index is 0.0377. The maximum Gasteiger partial charge on any atom is 0.338 e. The number of Topliss-reactive ketones (excluding diaryl/α,β-unsaturated/α-hetero) is 1. The predicted molar refractivity (Wildman–Crippen MR) is 291 cm³/mol. The normalized spacial score (nSPS) is 13.4. The van der Waals surface area contributed by atoms with Crippen molar-refractivity contribution in [2.24, 2.45) is 29.1 Å². The molecule has 0 aromatic heterocycles. The van der Waals surface area contributed by atoms with Crippen LogP contribution in [0.1, 0.15) is 325 Å². The fourth-order valence-electron chi connectivity index (χ4n) is 10.8. The number of carbonyl (C=O) groups excluding carboxylic acids is 1. The summed E-state index contributed by atoms with van der Waals surface area (Å²) in [5, 5.41) is 33.5. The summed E-state index contributed by atoms with van der Waals surface area (Å²) in [4.78, 5) is 55.1. The molecular weight excluding hydrogens is 861 g/mol. The highest BCUT2D eigenvalue weighted by atomic mass is 16.5. The van der Waals surface area contributed by atoms with E-state index in [-0.39, 0.29) is 25.9 Å². The standard InChI is InChI=1S/C61H116O8/c1-8-45-55(62)56(57(63)64)61(59(67)68,69-51-44-38-32-26-20-14-11-17-23-29-35-41-48-54(6)7)60(58(65)66,49-42-36-30-24-18-12-9-15-21-27-33-39-46-52(2)3)50-43-37-31-25-19-13-10-16-22-28-34-40-47-53(4)5/h52-54,56H,8-51H2,1-7H3,(H,63,64)(H,65,66)(H,67,68). The van der Waals surface area contributed by atoms with Gasteiger partial charge in [-0.3, -0.25) is 14.4 Å². The van der Waals surface area contributed by atoms with Gasteiger partial charge in [0.1, 0.15) is 5.41 Å². The van der Waals surface area contributed by atoms with E-state index in [0.29, 0.717) is 25.7 Å². The SMILES string of the molecule is CCCC(=O)C(C(=O)O)C(OCCCCCCCCCCCCCCC(C)C)(C(=O)O)C(CCCCCCCCCCCCCCC(C)C)(CCCCCCCCCCCCCCC(C)C)C(=O)O. The summed E-state index contributed by atoms with van der Waals surface area (Å²) in [6.45, 7) is 15.4. The third kappa shape index (κ3) is 32.7. The summed E-state index contributed by atoms with van der Waals surface area (Å²) in [5.74, 6) is -5.14. The Balaban J connectivity index is 5.82. The Kier molecular flexibility index (Phi) is 43.4. The first kappa shape index (κ1) is 67.0. The van der Waals surface area contributed by atoms with Gasteiger partial charge in [-0.05, 0) is 43.4 Å². The molecule has 0 bridgehead atoms. The van der Waals surface area contributed by atoms with Crippen molar-refractivity contribution < 1.29 is 39.2 Å². The fourth-order valence-corrected chi connectivity index (χ4v) is 10.8. The molecule has 0 aliphatic rings. The Hall–Kier alpha value is -1.96. The number of carbonyl (C=O) groups is 4. The quantitative estimate of drug-likeness (QED) is 0.0405. The van der Waals surface area contributed by atoms with E-state index in [1.54, 1.807) is 6.92 Å². The molecule has 2 unspecified atom stereocenters. The zero-order valence-electron chi connectivity index (χ0n) is 46.8. The zero-order valence-corrected chi connectivity index (χ0v) is 46.8. The van der Waals surface area contributed by atoms with Gasteiger partial charge in [-0.25, -0.2) is 4.79 Å². The molecule has 408 valence electrons. The second kappa shape index (κ2) is 44.7. The smallest absolute Gasteiger partial charge is 0.338 e. The van der Waals surface area contributed by atoms with Gasteiger partial charge in [0.05, 0.1) is 0 Å². The summed E-state index contributed by atoms with van der Waals surface area (Å²) < 4.78 is 6.39. The Labute approximate surface area is 427 Å². The highest BCUT2D eigenvalue weighted by Crippen LogP contribution is 2.50. The van der Waals surface area contributed by atoms with E-state index in [4.69, 9.17) is 4.74 Å². The molecule has 69 heavy (non-hydrogen) atoms. The predicted octanol–water partition coefficient (Wildman–Crippen LogP) is 18.9. The molecule has 0 saturated carbocycles. The number of carboxylic acid groups (broad SMARTS) is 3. The minimum atomic E-state index is -2.73. The van der Waals surface area contributed by atoms with Crippen molar-refractivity contribution in [1.29, 1.82) is 0 Å². The third-order valence-electron chi connectivity index (χ3n) is 15.2. The van der Waals surface area contributed by atoms with Crippen LogP contribution in [0.2, 0.25) is 0 Å². The monoisotopic (exact) mass is 977 g/mol. The second-order valence-corrected chi connectivity index (χ2v) is 23.0. The van der Waals surface area contributed by atoms with Crippen LogP contribution in [0.4, 0.5) is 0 Å². The van der Waals surface area contributed by atoms with Crippen molar-refractivity contribution in [2.45, 2.75) is 330 Å². The van der Waals surface area contributed by atoms with Crippen LogP contribution in [0.25, 0.3) is 0 Å². The number of ketones is 1. The molecule has 0 spiro atoms. The van der Waals surface area contributed by atoms with Gasteiger partial charge < -0.3 is 20.1 Å². The average molecular weight is 978 g/mol. The Morgan fingerprint density at radius 2 is 0.638 bits per heavy atom. The van der Waals surface area contributed by atoms with Gasteiger partial charge >= 0.3 is 17.9 Å². The van der Waals surface area contributed by atoms with E-state index in [0.717, 1.165) is 94.8 Å². The summed E-state index contributed by atoms with van der Waals surface area (Å²) in [6, 6.07) is 0. The van der Waals surface area contributed by atoms with Crippen LogP contribution in [-0.2, 0) is 23.9 Å². The van der Waals surface area contributed by atoms with Crippen LogP contribution < -0.4 is 0 Å². The second-order valence-electron chi connectivity index (χ2n) is 23.0. The largest absolute Gasteiger partial charge is 0.481 e. The highest BCUT2D eigenvalue weighted by molar-refractivity contribution is 6.06. The lowest BCUT2D eigenvalue weighted by Gasteiger charge is -2.47. The van der Waals surface area contributed by atoms with E-state index in [1.165, 1.54) is 154 Å². The van der Waals surface area contributed by atoms with E-state index in [9.17, 15) is 34.5 Å². The van der Waals surface area contributed by atoms with Crippen molar-refractivity contribution in [3.63, 3.8) is 0 Å². The van der Waals surface area contributed by atoms with E-state index >= 15 is 0 Å². The lowest BCUT2D eigenvalue weighted by Crippen LogP contribution is -2.67. The maximum atomic E-state index is 14.0. The lowest BCUT2D eigenvalue weighted by atomic mass is 9.59. The molecule has 8 heteroatoms. The molecule has 0 aliphatic carbocycles. The Bertz CT molecular complexity index is 1190. The molecule has 3 N–H and O–H groups in total. The van der Waals surface area contributed by atoms with Crippen molar-refractivity contribution >= 4 is 23.7 Å². The number of ether oxygens (including phenoxy) is 1. The Morgan fingerprint density at radius 1 is 0.377 bits per heavy atom. The summed E-state index contributed by atoms with van der Waals surface area (Å²) in [6.07, 6.45) is 43.6. The number of hydrogen-bond donors (Lipinski definition) is 3. The van der Waals surface area contributed by atoms with Gasteiger partial charge in [0, 0.05) is 13.0 Å². The van der Waals surface area contributed by atoms with Crippen molar-refractivity contribution in [2.75, 3.05) is 6.61 Å². The molecule has 0 heterocycles. The van der Waals surface area contributed by atoms with Crippen LogP contribution in [-0.4, -0.2) is 51.2 Å². The lowest BCUT2D eigenvalue weighted by molar-refractivity contribution is -0.219.